The van der Waals surface area contributed by atoms with Gasteiger partial charge in [-0.05, 0) is 31.7 Å². The van der Waals surface area contributed by atoms with E-state index in [0.717, 1.165) is 29.1 Å². The molecule has 1 fully saturated rings. The lowest BCUT2D eigenvalue weighted by Gasteiger charge is -2.29. The minimum absolute atomic E-state index is 0.0752. The Bertz CT molecular complexity index is 599. The van der Waals surface area contributed by atoms with Crippen LogP contribution in [0.4, 0.5) is 11.8 Å². The Kier molecular flexibility index (Phi) is 3.06. The molecule has 2 aromatic rings. The molecule has 2 N–H and O–H groups in total. The summed E-state index contributed by atoms with van der Waals surface area (Å²) < 4.78 is 5.67. The first-order chi connectivity index (χ1) is 9.12. The number of hydrogen-bond acceptors (Lipinski definition) is 6. The third-order valence-corrected chi connectivity index (χ3v) is 4.65. The van der Waals surface area contributed by atoms with E-state index in [1.54, 1.807) is 11.3 Å². The lowest BCUT2D eigenvalue weighted by atomic mass is 9.94. The zero-order chi connectivity index (χ0) is 13.5. The molecule has 1 aliphatic rings. The van der Waals surface area contributed by atoms with Gasteiger partial charge in [-0.1, -0.05) is 0 Å². The van der Waals surface area contributed by atoms with Gasteiger partial charge in [0.1, 0.15) is 10.6 Å². The first kappa shape index (κ1) is 12.6. The molecule has 2 atom stereocenters. The van der Waals surface area contributed by atoms with Crippen LogP contribution in [0, 0.1) is 0 Å². The summed E-state index contributed by atoms with van der Waals surface area (Å²) in [6.45, 7) is 5.08. The maximum Gasteiger partial charge on any atom is 0.225 e. The molecular weight excluding hydrogens is 260 g/mol. The van der Waals surface area contributed by atoms with Crippen LogP contribution < -0.4 is 10.6 Å². The van der Waals surface area contributed by atoms with E-state index in [2.05, 4.69) is 40.5 Å². The molecule has 0 aliphatic carbocycles. The van der Waals surface area contributed by atoms with Crippen LogP contribution in [0.25, 0.3) is 10.2 Å². The molecule has 0 spiro atoms. The normalized spacial score (nSPS) is 26.8. The highest BCUT2D eigenvalue weighted by Gasteiger charge is 2.37. The Labute approximate surface area is 116 Å². The summed E-state index contributed by atoms with van der Waals surface area (Å²) in [6.07, 6.45) is 1.16. The van der Waals surface area contributed by atoms with Crippen LogP contribution in [0.2, 0.25) is 0 Å². The molecule has 5 nitrogen and oxygen atoms in total. The van der Waals surface area contributed by atoms with E-state index < -0.39 is 0 Å². The van der Waals surface area contributed by atoms with E-state index in [4.69, 9.17) is 4.74 Å². The average Bonchev–Trinajstić information content (AvgIpc) is 2.97. The van der Waals surface area contributed by atoms with E-state index in [1.165, 1.54) is 0 Å². The van der Waals surface area contributed by atoms with Crippen molar-refractivity contribution >= 4 is 33.3 Å². The number of ether oxygens (including phenoxy) is 1. The van der Waals surface area contributed by atoms with E-state index in [9.17, 15) is 0 Å². The summed E-state index contributed by atoms with van der Waals surface area (Å²) in [5, 5.41) is 9.69. The highest BCUT2D eigenvalue weighted by Crippen LogP contribution is 2.33. The lowest BCUT2D eigenvalue weighted by molar-refractivity contribution is 0.105. The van der Waals surface area contributed by atoms with E-state index in [0.29, 0.717) is 5.95 Å². The molecule has 102 valence electrons. The first-order valence-electron chi connectivity index (χ1n) is 6.45. The predicted octanol–water partition coefficient (Wildman–Crippen LogP) is 2.71. The second-order valence-corrected chi connectivity index (χ2v) is 5.99. The maximum atomic E-state index is 5.67. The van der Waals surface area contributed by atoms with Gasteiger partial charge in [-0.2, -0.15) is 4.98 Å². The van der Waals surface area contributed by atoms with E-state index in [-0.39, 0.29) is 11.6 Å². The maximum absolute atomic E-state index is 5.67. The van der Waals surface area contributed by atoms with Crippen LogP contribution in [0.1, 0.15) is 20.3 Å². The summed E-state index contributed by atoms with van der Waals surface area (Å²) in [5.41, 5.74) is -0.0752. The Morgan fingerprint density at radius 3 is 3.00 bits per heavy atom. The van der Waals surface area contributed by atoms with Crippen molar-refractivity contribution in [2.24, 2.45) is 0 Å². The second-order valence-electron chi connectivity index (χ2n) is 5.09. The van der Waals surface area contributed by atoms with Gasteiger partial charge in [0.25, 0.3) is 0 Å². The molecule has 0 amide bonds. The molecule has 3 rings (SSSR count). The van der Waals surface area contributed by atoms with Crippen LogP contribution in [-0.4, -0.2) is 35.3 Å². The molecule has 0 bridgehead atoms. The van der Waals surface area contributed by atoms with Gasteiger partial charge in [0.2, 0.25) is 5.95 Å². The van der Waals surface area contributed by atoms with E-state index in [1.807, 2.05) is 12.4 Å². The molecule has 0 radical (unpaired) electrons. The van der Waals surface area contributed by atoms with Gasteiger partial charge in [-0.15, -0.1) is 11.3 Å². The van der Waals surface area contributed by atoms with Crippen molar-refractivity contribution < 1.29 is 4.74 Å². The number of nitrogens with one attached hydrogen (secondary N) is 2. The SMILES string of the molecule is CNc1nc(NC2(C)CCOC2C)c2ccsc2n1. The predicted molar refractivity (Wildman–Crippen MR) is 79.0 cm³/mol. The van der Waals surface area contributed by atoms with Crippen molar-refractivity contribution in [3.05, 3.63) is 11.4 Å². The summed E-state index contributed by atoms with van der Waals surface area (Å²) in [4.78, 5) is 10.0. The van der Waals surface area contributed by atoms with Gasteiger partial charge in [0.15, 0.2) is 0 Å². The van der Waals surface area contributed by atoms with Crippen molar-refractivity contribution in [3.8, 4) is 0 Å². The van der Waals surface area contributed by atoms with Crippen molar-refractivity contribution in [3.63, 3.8) is 0 Å². The zero-order valence-electron chi connectivity index (χ0n) is 11.4. The molecule has 0 saturated carbocycles. The van der Waals surface area contributed by atoms with Gasteiger partial charge in [0, 0.05) is 13.7 Å². The lowest BCUT2D eigenvalue weighted by Crippen LogP contribution is -2.41. The fourth-order valence-corrected chi connectivity index (χ4v) is 3.10. The number of anilines is 2. The van der Waals surface area contributed by atoms with Gasteiger partial charge in [0.05, 0.1) is 17.0 Å². The van der Waals surface area contributed by atoms with Gasteiger partial charge in [-0.25, -0.2) is 4.98 Å². The highest BCUT2D eigenvalue weighted by molar-refractivity contribution is 7.16. The molecule has 19 heavy (non-hydrogen) atoms. The van der Waals surface area contributed by atoms with Crippen molar-refractivity contribution in [1.29, 1.82) is 0 Å². The number of hydrogen-bond donors (Lipinski definition) is 2. The van der Waals surface area contributed by atoms with Crippen LogP contribution in [0.5, 0.6) is 0 Å². The molecule has 3 heterocycles. The number of nitrogens with zero attached hydrogens (tertiary/aromatic N) is 2. The highest BCUT2D eigenvalue weighted by atomic mass is 32.1. The number of thiophene rings is 1. The van der Waals surface area contributed by atoms with Crippen molar-refractivity contribution in [2.45, 2.75) is 31.9 Å². The van der Waals surface area contributed by atoms with Crippen LogP contribution in [-0.2, 0) is 4.74 Å². The minimum atomic E-state index is -0.0752. The Morgan fingerprint density at radius 1 is 1.47 bits per heavy atom. The third-order valence-electron chi connectivity index (χ3n) is 3.84. The topological polar surface area (TPSA) is 59.1 Å². The molecule has 2 unspecified atom stereocenters. The Hall–Kier alpha value is -1.40. The number of aromatic nitrogens is 2. The molecule has 1 aliphatic heterocycles. The monoisotopic (exact) mass is 278 g/mol. The quantitative estimate of drug-likeness (QED) is 0.904. The zero-order valence-corrected chi connectivity index (χ0v) is 12.2. The first-order valence-corrected chi connectivity index (χ1v) is 7.33. The summed E-state index contributed by atoms with van der Waals surface area (Å²) >= 11 is 1.63. The Morgan fingerprint density at radius 2 is 2.32 bits per heavy atom. The fourth-order valence-electron chi connectivity index (χ4n) is 2.33. The second kappa shape index (κ2) is 4.61. The van der Waals surface area contributed by atoms with Crippen LogP contribution >= 0.6 is 11.3 Å². The third kappa shape index (κ3) is 2.15. The van der Waals surface area contributed by atoms with Crippen molar-refractivity contribution in [1.82, 2.24) is 9.97 Å². The fraction of sp³-hybridized carbons (Fsp3) is 0.538. The molecule has 6 heteroatoms. The van der Waals surface area contributed by atoms with Gasteiger partial charge >= 0.3 is 0 Å². The van der Waals surface area contributed by atoms with Crippen LogP contribution in [0.15, 0.2) is 11.4 Å². The Balaban J connectivity index is 2.02. The summed E-state index contributed by atoms with van der Waals surface area (Å²) in [7, 11) is 1.83. The molecular formula is C13H18N4OS. The largest absolute Gasteiger partial charge is 0.376 e. The minimum Gasteiger partial charge on any atom is -0.376 e. The standard InChI is InChI=1S/C13H18N4OS/c1-8-13(2,5-6-18-8)17-10-9-4-7-19-11(9)16-12(14-3)15-10/h4,7-8H,5-6H2,1-3H3,(H2,14,15,16,17). The summed E-state index contributed by atoms with van der Waals surface area (Å²) in [6, 6.07) is 2.06. The van der Waals surface area contributed by atoms with Crippen LogP contribution in [0.3, 0.4) is 0 Å². The van der Waals surface area contributed by atoms with Gasteiger partial charge in [-0.3, -0.25) is 0 Å². The summed E-state index contributed by atoms with van der Waals surface area (Å²) in [5.74, 6) is 1.53. The number of rotatable bonds is 3. The molecule has 1 saturated heterocycles. The number of fused-ring (bicyclic) bond motifs is 1. The smallest absolute Gasteiger partial charge is 0.225 e. The van der Waals surface area contributed by atoms with E-state index >= 15 is 0 Å². The van der Waals surface area contributed by atoms with Gasteiger partial charge < -0.3 is 15.4 Å². The molecule has 0 aromatic carbocycles. The average molecular weight is 278 g/mol. The molecule has 2 aromatic heterocycles. The van der Waals surface area contributed by atoms with Crippen molar-refractivity contribution in [2.75, 3.05) is 24.3 Å².